The lowest BCUT2D eigenvalue weighted by atomic mass is 9.76. The van der Waals surface area contributed by atoms with Gasteiger partial charge in [0.1, 0.15) is 23.7 Å². The van der Waals surface area contributed by atoms with Crippen molar-refractivity contribution in [3.05, 3.63) is 58.7 Å². The summed E-state index contributed by atoms with van der Waals surface area (Å²) in [6.07, 6.45) is 6.70. The van der Waals surface area contributed by atoms with Crippen LogP contribution in [0.4, 0.5) is 10.1 Å². The summed E-state index contributed by atoms with van der Waals surface area (Å²) < 4.78 is 25.9. The molecule has 8 nitrogen and oxygen atoms in total. The average molecular weight is 419 g/mol. The van der Waals surface area contributed by atoms with E-state index >= 15 is 0 Å². The maximum absolute atomic E-state index is 14.9. The van der Waals surface area contributed by atoms with Crippen molar-refractivity contribution in [2.75, 3.05) is 18.5 Å². The molecule has 3 heterocycles. The Morgan fingerprint density at radius 2 is 2.23 bits per heavy atom. The predicted octanol–water partition coefficient (Wildman–Crippen LogP) is 1.84. The number of amidine groups is 1. The number of aliphatic imine (C=N–C) groups is 1. The van der Waals surface area contributed by atoms with E-state index < -0.39 is 29.3 Å². The maximum Gasteiger partial charge on any atom is 0.284 e. The van der Waals surface area contributed by atoms with E-state index in [1.165, 1.54) is 24.4 Å². The lowest BCUT2D eigenvalue weighted by Crippen LogP contribution is -2.48. The number of hydrogen-bond acceptors (Lipinski definition) is 7. The van der Waals surface area contributed by atoms with Gasteiger partial charge < -0.3 is 20.5 Å². The van der Waals surface area contributed by atoms with Crippen molar-refractivity contribution in [1.82, 2.24) is 4.98 Å². The second-order valence-electron chi connectivity index (χ2n) is 7.31. The molecule has 0 bridgehead atoms. The highest BCUT2D eigenvalue weighted by Gasteiger charge is 2.52. The van der Waals surface area contributed by atoms with Crippen LogP contribution in [0.5, 0.6) is 0 Å². The standard InChI is InChI=1S/C22H18FN5O3/c1-3-22(16-10-30-11-18(16)31-21(25)28-22)15-7-14(4-5-17(15)23)27-20(29)19-12(2)6-13(8-24)9-26-19/h1,4-7,9,16,18H,10-11H2,2H3,(H2,25,28)(H,27,29)/t16-,18+,22+/m0/s1. The van der Waals surface area contributed by atoms with E-state index in [0.717, 1.165) is 0 Å². The molecule has 0 spiro atoms. The monoisotopic (exact) mass is 419 g/mol. The van der Waals surface area contributed by atoms with Crippen LogP contribution in [0.25, 0.3) is 0 Å². The SMILES string of the molecule is C#C[C@]1(c2cc(NC(=O)c3ncc(C#N)cc3C)ccc2F)N=C(N)O[C@@H]2COC[C@@H]21. The zero-order valence-electron chi connectivity index (χ0n) is 16.6. The van der Waals surface area contributed by atoms with Crippen LogP contribution in [-0.2, 0) is 15.0 Å². The molecule has 31 heavy (non-hydrogen) atoms. The number of nitrogens with one attached hydrogen (secondary N) is 1. The second-order valence-corrected chi connectivity index (χ2v) is 7.31. The number of ether oxygens (including phenoxy) is 2. The molecule has 9 heteroatoms. The minimum Gasteiger partial charge on any atom is -0.459 e. The first kappa shape index (κ1) is 20.3. The Labute approximate surface area is 177 Å². The summed E-state index contributed by atoms with van der Waals surface area (Å²) in [5.74, 6) is 1.05. The molecule has 1 aromatic carbocycles. The van der Waals surface area contributed by atoms with Gasteiger partial charge in [0.2, 0.25) is 0 Å². The number of benzene rings is 1. The number of fused-ring (bicyclic) bond motifs is 1. The van der Waals surface area contributed by atoms with Crippen molar-refractivity contribution < 1.29 is 18.7 Å². The number of aryl methyl sites for hydroxylation is 1. The maximum atomic E-state index is 14.9. The Balaban J connectivity index is 1.71. The lowest BCUT2D eigenvalue weighted by Gasteiger charge is -2.37. The second kappa shape index (κ2) is 7.71. The molecule has 156 valence electrons. The van der Waals surface area contributed by atoms with Crippen molar-refractivity contribution in [1.29, 1.82) is 5.26 Å². The van der Waals surface area contributed by atoms with Gasteiger partial charge in [-0.05, 0) is 36.8 Å². The van der Waals surface area contributed by atoms with Crippen LogP contribution in [0.2, 0.25) is 0 Å². The Hall–Kier alpha value is -3.95. The van der Waals surface area contributed by atoms with Crippen LogP contribution >= 0.6 is 0 Å². The van der Waals surface area contributed by atoms with Gasteiger partial charge >= 0.3 is 0 Å². The predicted molar refractivity (Wildman–Crippen MR) is 109 cm³/mol. The van der Waals surface area contributed by atoms with E-state index in [4.69, 9.17) is 26.9 Å². The summed E-state index contributed by atoms with van der Waals surface area (Å²) in [6.45, 7) is 2.17. The van der Waals surface area contributed by atoms with Gasteiger partial charge in [-0.2, -0.15) is 5.26 Å². The first-order valence-electron chi connectivity index (χ1n) is 9.43. The minimum atomic E-state index is -1.43. The van der Waals surface area contributed by atoms with Gasteiger partial charge in [-0.25, -0.2) is 14.4 Å². The Morgan fingerprint density at radius 1 is 1.42 bits per heavy atom. The number of carbonyl (C=O) groups excluding carboxylic acids is 1. The summed E-state index contributed by atoms with van der Waals surface area (Å²) in [5.41, 5.74) is 5.80. The molecule has 4 rings (SSSR count). The fourth-order valence-corrected chi connectivity index (χ4v) is 3.91. The zero-order chi connectivity index (χ0) is 22.2. The van der Waals surface area contributed by atoms with Crippen molar-refractivity contribution in [2.24, 2.45) is 16.6 Å². The van der Waals surface area contributed by atoms with Crippen LogP contribution in [0.3, 0.4) is 0 Å². The first-order valence-corrected chi connectivity index (χ1v) is 9.43. The third-order valence-corrected chi connectivity index (χ3v) is 5.40. The molecule has 2 aromatic rings. The highest BCUT2D eigenvalue weighted by Crippen LogP contribution is 2.43. The highest BCUT2D eigenvalue weighted by atomic mass is 19.1. The zero-order valence-corrected chi connectivity index (χ0v) is 16.6. The number of hydrogen-bond donors (Lipinski definition) is 2. The van der Waals surface area contributed by atoms with Gasteiger partial charge in [-0.15, -0.1) is 6.42 Å². The number of amides is 1. The summed E-state index contributed by atoms with van der Waals surface area (Å²) in [5, 5.41) is 11.7. The van der Waals surface area contributed by atoms with E-state index in [9.17, 15) is 9.18 Å². The van der Waals surface area contributed by atoms with Crippen molar-refractivity contribution >= 4 is 17.6 Å². The molecular weight excluding hydrogens is 401 g/mol. The van der Waals surface area contributed by atoms with Crippen LogP contribution in [0, 0.1) is 42.3 Å². The third-order valence-electron chi connectivity index (χ3n) is 5.40. The fraction of sp³-hybridized carbons (Fsp3) is 0.273. The molecule has 0 unspecified atom stereocenters. The quantitative estimate of drug-likeness (QED) is 0.732. The number of nitriles is 1. The summed E-state index contributed by atoms with van der Waals surface area (Å²) in [6, 6.07) is 7.44. The number of nitrogens with two attached hydrogens (primary N) is 1. The number of carbonyl (C=O) groups is 1. The topological polar surface area (TPSA) is 123 Å². The number of nitrogens with zero attached hydrogens (tertiary/aromatic N) is 3. The van der Waals surface area contributed by atoms with Crippen LogP contribution in [-0.4, -0.2) is 36.2 Å². The van der Waals surface area contributed by atoms with Gasteiger partial charge in [-0.1, -0.05) is 5.92 Å². The van der Waals surface area contributed by atoms with Crippen LogP contribution < -0.4 is 11.1 Å². The molecule has 0 saturated carbocycles. The molecule has 1 aromatic heterocycles. The van der Waals surface area contributed by atoms with E-state index in [1.807, 2.05) is 6.07 Å². The van der Waals surface area contributed by atoms with E-state index in [-0.39, 0.29) is 30.5 Å². The molecule has 2 aliphatic heterocycles. The Bertz CT molecular complexity index is 1180. The van der Waals surface area contributed by atoms with Crippen molar-refractivity contribution in [2.45, 2.75) is 18.6 Å². The van der Waals surface area contributed by atoms with Gasteiger partial charge in [0, 0.05) is 17.4 Å². The number of terminal acetylenes is 1. The van der Waals surface area contributed by atoms with Gasteiger partial charge in [0.15, 0.2) is 5.54 Å². The van der Waals surface area contributed by atoms with Gasteiger partial charge in [0.05, 0.1) is 24.7 Å². The molecular formula is C22H18FN5O3. The van der Waals surface area contributed by atoms with Crippen molar-refractivity contribution in [3.8, 4) is 18.4 Å². The van der Waals surface area contributed by atoms with E-state index in [2.05, 4.69) is 21.2 Å². The number of rotatable bonds is 3. The molecule has 1 fully saturated rings. The van der Waals surface area contributed by atoms with E-state index in [1.54, 1.807) is 13.0 Å². The van der Waals surface area contributed by atoms with E-state index in [0.29, 0.717) is 16.8 Å². The lowest BCUT2D eigenvalue weighted by molar-refractivity contribution is 0.0940. The normalized spacial score (nSPS) is 24.2. The molecule has 1 saturated heterocycles. The fourth-order valence-electron chi connectivity index (χ4n) is 3.91. The molecule has 3 atom stereocenters. The number of anilines is 1. The highest BCUT2D eigenvalue weighted by molar-refractivity contribution is 6.03. The van der Waals surface area contributed by atoms with Gasteiger partial charge in [-0.3, -0.25) is 4.79 Å². The first-order chi connectivity index (χ1) is 14.9. The molecule has 0 aliphatic carbocycles. The van der Waals surface area contributed by atoms with Crippen LogP contribution in [0.1, 0.15) is 27.2 Å². The average Bonchev–Trinajstić information content (AvgIpc) is 3.23. The smallest absolute Gasteiger partial charge is 0.284 e. The largest absolute Gasteiger partial charge is 0.459 e. The number of aromatic nitrogens is 1. The number of pyridine rings is 1. The Morgan fingerprint density at radius 3 is 2.94 bits per heavy atom. The van der Waals surface area contributed by atoms with Crippen LogP contribution in [0.15, 0.2) is 35.5 Å². The molecule has 1 amide bonds. The summed E-state index contributed by atoms with van der Waals surface area (Å²) in [4.78, 5) is 21.0. The minimum absolute atomic E-state index is 0.0871. The Kier molecular flexibility index (Phi) is 5.05. The number of halogens is 1. The summed E-state index contributed by atoms with van der Waals surface area (Å²) >= 11 is 0. The van der Waals surface area contributed by atoms with Crippen molar-refractivity contribution in [3.63, 3.8) is 0 Å². The van der Waals surface area contributed by atoms with Gasteiger partial charge in [0.25, 0.3) is 11.9 Å². The molecule has 3 N–H and O–H groups in total. The third kappa shape index (κ3) is 3.45. The summed E-state index contributed by atoms with van der Waals surface area (Å²) in [7, 11) is 0. The molecule has 0 radical (unpaired) electrons. The molecule has 2 aliphatic rings.